The number of fused-ring (bicyclic) bond motifs is 1. The molecule has 0 fully saturated rings. The number of aromatic nitrogens is 2. The minimum Gasteiger partial charge on any atom is -0.324 e. The SMILES string of the molecule is Cc1ccc(S(=O)(=O)n2c(Nc3cccc([N+](=O)[O-])c3)nc3cc(C)c(C)cc32)cc1. The first-order chi connectivity index (χ1) is 14.7. The highest BCUT2D eigenvalue weighted by Gasteiger charge is 2.25. The molecule has 0 saturated carbocycles. The molecule has 4 aromatic rings. The third-order valence-electron chi connectivity index (χ3n) is 5.10. The summed E-state index contributed by atoms with van der Waals surface area (Å²) < 4.78 is 28.3. The molecule has 8 nitrogen and oxygen atoms in total. The van der Waals surface area contributed by atoms with Gasteiger partial charge < -0.3 is 5.32 Å². The molecule has 0 aliphatic rings. The smallest absolute Gasteiger partial charge is 0.271 e. The van der Waals surface area contributed by atoms with E-state index in [1.54, 1.807) is 36.4 Å². The monoisotopic (exact) mass is 436 g/mol. The topological polar surface area (TPSA) is 107 Å². The van der Waals surface area contributed by atoms with Gasteiger partial charge in [0.25, 0.3) is 15.7 Å². The molecule has 9 heteroatoms. The predicted octanol–water partition coefficient (Wildman–Crippen LogP) is 4.85. The van der Waals surface area contributed by atoms with Crippen molar-refractivity contribution in [1.82, 2.24) is 8.96 Å². The van der Waals surface area contributed by atoms with Crippen LogP contribution >= 0.6 is 0 Å². The highest BCUT2D eigenvalue weighted by molar-refractivity contribution is 7.90. The molecule has 0 saturated heterocycles. The molecule has 0 unspecified atom stereocenters. The van der Waals surface area contributed by atoms with Gasteiger partial charge in [-0.25, -0.2) is 17.4 Å². The number of anilines is 2. The van der Waals surface area contributed by atoms with Crippen molar-refractivity contribution in [3.8, 4) is 0 Å². The lowest BCUT2D eigenvalue weighted by molar-refractivity contribution is -0.384. The minimum absolute atomic E-state index is 0.0565. The molecule has 3 aromatic carbocycles. The molecule has 0 spiro atoms. The van der Waals surface area contributed by atoms with Crippen molar-refractivity contribution in [2.75, 3.05) is 5.32 Å². The van der Waals surface area contributed by atoms with Crippen LogP contribution in [0.1, 0.15) is 16.7 Å². The number of nitrogens with zero attached hydrogens (tertiary/aromatic N) is 3. The van der Waals surface area contributed by atoms with Gasteiger partial charge in [0.1, 0.15) is 0 Å². The second-order valence-electron chi connectivity index (χ2n) is 7.38. The molecule has 1 heterocycles. The molecule has 0 aliphatic carbocycles. The number of benzene rings is 3. The summed E-state index contributed by atoms with van der Waals surface area (Å²) in [4.78, 5) is 15.2. The van der Waals surface area contributed by atoms with E-state index in [2.05, 4.69) is 10.3 Å². The number of nitro groups is 1. The Kier molecular flexibility index (Phi) is 4.98. The van der Waals surface area contributed by atoms with Crippen molar-refractivity contribution in [3.63, 3.8) is 0 Å². The normalized spacial score (nSPS) is 11.6. The quantitative estimate of drug-likeness (QED) is 0.354. The first-order valence-electron chi connectivity index (χ1n) is 9.50. The summed E-state index contributed by atoms with van der Waals surface area (Å²) in [7, 11) is -3.99. The van der Waals surface area contributed by atoms with E-state index < -0.39 is 14.9 Å². The van der Waals surface area contributed by atoms with E-state index in [4.69, 9.17) is 0 Å². The molecule has 0 atom stereocenters. The van der Waals surface area contributed by atoms with E-state index >= 15 is 0 Å². The Morgan fingerprint density at radius 3 is 2.32 bits per heavy atom. The van der Waals surface area contributed by atoms with Crippen LogP contribution < -0.4 is 5.32 Å². The number of imidazole rings is 1. The first kappa shape index (κ1) is 20.5. The predicted molar refractivity (Wildman–Crippen MR) is 119 cm³/mol. The number of nitro benzene ring substituents is 1. The van der Waals surface area contributed by atoms with Crippen LogP contribution in [-0.4, -0.2) is 22.3 Å². The average Bonchev–Trinajstić information content (AvgIpc) is 3.06. The maximum Gasteiger partial charge on any atom is 0.271 e. The van der Waals surface area contributed by atoms with E-state index in [0.717, 1.165) is 20.7 Å². The van der Waals surface area contributed by atoms with Crippen LogP contribution in [0.5, 0.6) is 0 Å². The maximum atomic E-state index is 13.6. The largest absolute Gasteiger partial charge is 0.324 e. The molecule has 4 rings (SSSR count). The van der Waals surface area contributed by atoms with E-state index in [1.807, 2.05) is 26.8 Å². The maximum absolute atomic E-state index is 13.6. The highest BCUT2D eigenvalue weighted by Crippen LogP contribution is 2.30. The summed E-state index contributed by atoms with van der Waals surface area (Å²) in [6, 6.07) is 16.0. The lowest BCUT2D eigenvalue weighted by Gasteiger charge is -2.12. The van der Waals surface area contributed by atoms with Crippen molar-refractivity contribution < 1.29 is 13.3 Å². The lowest BCUT2D eigenvalue weighted by atomic mass is 10.1. The molecule has 0 aliphatic heterocycles. The Labute approximate surface area is 179 Å². The second-order valence-corrected chi connectivity index (χ2v) is 9.16. The Morgan fingerprint density at radius 2 is 1.65 bits per heavy atom. The fourth-order valence-corrected chi connectivity index (χ4v) is 4.69. The number of hydrogen-bond donors (Lipinski definition) is 1. The van der Waals surface area contributed by atoms with Crippen LogP contribution in [0.4, 0.5) is 17.3 Å². The standard InChI is InChI=1S/C22H20N4O4S/c1-14-7-9-19(10-8-14)31(29,30)25-21-12-16(3)15(2)11-20(21)24-22(25)23-17-5-4-6-18(13-17)26(27)28/h4-13H,1-3H3,(H,23,24). The fourth-order valence-electron chi connectivity index (χ4n) is 3.28. The zero-order chi connectivity index (χ0) is 22.3. The summed E-state index contributed by atoms with van der Waals surface area (Å²) in [5, 5.41) is 14.1. The van der Waals surface area contributed by atoms with Crippen molar-refractivity contribution in [1.29, 1.82) is 0 Å². The van der Waals surface area contributed by atoms with Gasteiger partial charge in [0.2, 0.25) is 5.95 Å². The van der Waals surface area contributed by atoms with Crippen LogP contribution in [0.25, 0.3) is 11.0 Å². The number of nitrogens with one attached hydrogen (secondary N) is 1. The summed E-state index contributed by atoms with van der Waals surface area (Å²) in [5.41, 5.74) is 4.03. The van der Waals surface area contributed by atoms with E-state index in [-0.39, 0.29) is 16.5 Å². The number of non-ortho nitro benzene ring substituents is 1. The average molecular weight is 436 g/mol. The van der Waals surface area contributed by atoms with E-state index in [0.29, 0.717) is 16.7 Å². The van der Waals surface area contributed by atoms with Gasteiger partial charge in [-0.1, -0.05) is 23.8 Å². The lowest BCUT2D eigenvalue weighted by Crippen LogP contribution is -2.15. The molecule has 0 bridgehead atoms. The molecule has 31 heavy (non-hydrogen) atoms. The van der Waals surface area contributed by atoms with Crippen LogP contribution in [0.2, 0.25) is 0 Å². The number of rotatable bonds is 5. The fraction of sp³-hybridized carbons (Fsp3) is 0.136. The van der Waals surface area contributed by atoms with Gasteiger partial charge >= 0.3 is 0 Å². The van der Waals surface area contributed by atoms with Gasteiger partial charge in [0, 0.05) is 17.8 Å². The van der Waals surface area contributed by atoms with E-state index in [1.165, 1.54) is 18.2 Å². The van der Waals surface area contributed by atoms with Crippen molar-refractivity contribution in [2.45, 2.75) is 25.7 Å². The number of aryl methyl sites for hydroxylation is 3. The van der Waals surface area contributed by atoms with Crippen molar-refractivity contribution in [2.24, 2.45) is 0 Å². The first-order valence-corrected chi connectivity index (χ1v) is 10.9. The molecule has 0 amide bonds. The summed E-state index contributed by atoms with van der Waals surface area (Å²) in [5.74, 6) is 0.0565. The molecule has 1 N–H and O–H groups in total. The molecule has 0 radical (unpaired) electrons. The Bertz CT molecular complexity index is 1420. The summed E-state index contributed by atoms with van der Waals surface area (Å²) in [6.45, 7) is 5.71. The molecule has 158 valence electrons. The van der Waals surface area contributed by atoms with Crippen molar-refractivity contribution in [3.05, 3.63) is 87.5 Å². The third kappa shape index (κ3) is 3.75. The summed E-state index contributed by atoms with van der Waals surface area (Å²) >= 11 is 0. The van der Waals surface area contributed by atoms with Gasteiger partial charge in [-0.2, -0.15) is 0 Å². The van der Waals surface area contributed by atoms with Crippen LogP contribution in [-0.2, 0) is 10.0 Å². The Morgan fingerprint density at radius 1 is 0.968 bits per heavy atom. The van der Waals surface area contributed by atoms with E-state index in [9.17, 15) is 18.5 Å². The Hall–Kier alpha value is -3.72. The zero-order valence-corrected chi connectivity index (χ0v) is 18.0. The molecular weight excluding hydrogens is 416 g/mol. The zero-order valence-electron chi connectivity index (χ0n) is 17.2. The molecule has 1 aromatic heterocycles. The van der Waals surface area contributed by atoms with Crippen LogP contribution in [0.15, 0.2) is 65.6 Å². The van der Waals surface area contributed by atoms with Crippen LogP contribution in [0.3, 0.4) is 0 Å². The minimum atomic E-state index is -3.99. The van der Waals surface area contributed by atoms with Gasteiger partial charge in [0.15, 0.2) is 0 Å². The van der Waals surface area contributed by atoms with Gasteiger partial charge in [-0.15, -0.1) is 0 Å². The van der Waals surface area contributed by atoms with Gasteiger partial charge in [-0.3, -0.25) is 10.1 Å². The van der Waals surface area contributed by atoms with Gasteiger partial charge in [0.05, 0.1) is 20.9 Å². The second kappa shape index (κ2) is 7.51. The van der Waals surface area contributed by atoms with Crippen molar-refractivity contribution >= 4 is 38.4 Å². The number of hydrogen-bond acceptors (Lipinski definition) is 6. The summed E-state index contributed by atoms with van der Waals surface area (Å²) in [6.07, 6.45) is 0. The van der Waals surface area contributed by atoms with Crippen LogP contribution in [0, 0.1) is 30.9 Å². The highest BCUT2D eigenvalue weighted by atomic mass is 32.2. The third-order valence-corrected chi connectivity index (χ3v) is 6.82. The Balaban J connectivity index is 1.94. The molecular formula is C22H20N4O4S. The van der Waals surface area contributed by atoms with Gasteiger partial charge in [-0.05, 0) is 62.2 Å².